The van der Waals surface area contributed by atoms with E-state index in [-0.39, 0.29) is 0 Å². The van der Waals surface area contributed by atoms with E-state index >= 15 is 0 Å². The molecule has 3 N–H and O–H groups in total. The summed E-state index contributed by atoms with van der Waals surface area (Å²) >= 11 is 0. The molecule has 1 aromatic heterocycles. The molecule has 5 nitrogen and oxygen atoms in total. The van der Waals surface area contributed by atoms with E-state index in [1.807, 2.05) is 30.5 Å². The largest absolute Gasteiger partial charge is 0.440 e. The van der Waals surface area contributed by atoms with Gasteiger partial charge in [0.1, 0.15) is 5.75 Å². The molecule has 0 fully saturated rings. The van der Waals surface area contributed by atoms with Crippen LogP contribution in [0.1, 0.15) is 0 Å². The van der Waals surface area contributed by atoms with Crippen LogP contribution in [-0.4, -0.2) is 11.2 Å². The van der Waals surface area contributed by atoms with Crippen LogP contribution in [-0.2, 0) is 0 Å². The van der Waals surface area contributed by atoms with Gasteiger partial charge in [0.25, 0.3) is 0 Å². The normalized spacial score (nSPS) is 20.6. The van der Waals surface area contributed by atoms with Crippen molar-refractivity contribution in [2.24, 2.45) is 4.99 Å². The third kappa shape index (κ3) is 2.72. The lowest BCUT2D eigenvalue weighted by Gasteiger charge is -2.11. The first-order valence-corrected chi connectivity index (χ1v) is 6.18. The van der Waals surface area contributed by atoms with E-state index in [9.17, 15) is 0 Å². The zero-order valence-corrected chi connectivity index (χ0v) is 10.8. The average molecular weight is 266 g/mol. The van der Waals surface area contributed by atoms with Gasteiger partial charge in [0.2, 0.25) is 5.88 Å². The lowest BCUT2D eigenvalue weighted by atomic mass is 10.2. The van der Waals surface area contributed by atoms with Crippen molar-refractivity contribution in [1.82, 2.24) is 15.8 Å². The number of benzene rings is 1. The number of H-pyrrole nitrogens is 1. The van der Waals surface area contributed by atoms with Crippen molar-refractivity contribution in [2.45, 2.75) is 0 Å². The highest BCUT2D eigenvalue weighted by atomic mass is 16.5. The topological polar surface area (TPSA) is 61.4 Å². The molecule has 20 heavy (non-hydrogen) atoms. The Morgan fingerprint density at radius 3 is 3.10 bits per heavy atom. The number of hydrazine groups is 1. The van der Waals surface area contributed by atoms with Gasteiger partial charge < -0.3 is 15.1 Å². The predicted molar refractivity (Wildman–Crippen MR) is 80.1 cm³/mol. The zero-order chi connectivity index (χ0) is 13.8. The second kappa shape index (κ2) is 5.36. The van der Waals surface area contributed by atoms with Gasteiger partial charge in [0.05, 0.1) is 5.70 Å². The second-order valence-electron chi connectivity index (χ2n) is 4.23. The molecule has 0 radical (unpaired) electrons. The fraction of sp³-hybridized carbons (Fsp3) is 0. The van der Waals surface area contributed by atoms with Crippen LogP contribution in [0.2, 0.25) is 0 Å². The third-order valence-corrected chi connectivity index (χ3v) is 2.77. The highest BCUT2D eigenvalue weighted by Crippen LogP contribution is 2.20. The molecule has 100 valence electrons. The van der Waals surface area contributed by atoms with Crippen molar-refractivity contribution < 1.29 is 4.74 Å². The van der Waals surface area contributed by atoms with Gasteiger partial charge >= 0.3 is 0 Å². The van der Waals surface area contributed by atoms with Crippen molar-refractivity contribution >= 4 is 17.1 Å². The van der Waals surface area contributed by atoms with Crippen molar-refractivity contribution in [1.29, 1.82) is 0 Å². The minimum Gasteiger partial charge on any atom is -0.440 e. The molecule has 0 spiro atoms. The van der Waals surface area contributed by atoms with E-state index in [2.05, 4.69) is 27.4 Å². The summed E-state index contributed by atoms with van der Waals surface area (Å²) in [4.78, 5) is 7.27. The molecule has 0 bridgehead atoms. The van der Waals surface area contributed by atoms with Crippen LogP contribution < -0.4 is 15.6 Å². The molecular formula is C15H14N4O. The molecule has 3 rings (SSSR count). The number of aromatic amines is 1. The third-order valence-electron chi connectivity index (χ3n) is 2.77. The summed E-state index contributed by atoms with van der Waals surface area (Å²) in [7, 11) is 0. The van der Waals surface area contributed by atoms with Gasteiger partial charge in [-0.05, 0) is 30.3 Å². The number of allylic oxidation sites excluding steroid dienone is 2. The molecule has 1 aliphatic rings. The molecule has 1 aromatic carbocycles. The fourth-order valence-corrected chi connectivity index (χ4v) is 1.82. The van der Waals surface area contributed by atoms with Crippen molar-refractivity contribution in [3.05, 3.63) is 67.0 Å². The fourth-order valence-electron chi connectivity index (χ4n) is 1.82. The number of fused-ring (bicyclic) bond motifs is 1. The number of hydrogen-bond donors (Lipinski definition) is 3. The first-order chi connectivity index (χ1) is 9.81. The molecule has 0 unspecified atom stereocenters. The van der Waals surface area contributed by atoms with Gasteiger partial charge in [-0.25, -0.2) is 0 Å². The lowest BCUT2D eigenvalue weighted by molar-refractivity contribution is 0.369. The Kier molecular flexibility index (Phi) is 3.24. The van der Waals surface area contributed by atoms with E-state index in [1.165, 1.54) is 0 Å². The van der Waals surface area contributed by atoms with Gasteiger partial charge in [-0.3, -0.25) is 10.4 Å². The molecule has 0 saturated carbocycles. The van der Waals surface area contributed by atoms with E-state index in [4.69, 9.17) is 4.74 Å². The summed E-state index contributed by atoms with van der Waals surface area (Å²) in [5.41, 5.74) is 7.56. The molecule has 0 amide bonds. The maximum atomic E-state index is 5.78. The summed E-state index contributed by atoms with van der Waals surface area (Å²) in [6.45, 7) is 3.77. The van der Waals surface area contributed by atoms with Crippen LogP contribution in [0.3, 0.4) is 0 Å². The number of aliphatic imine (C=N–C) groups is 1. The van der Waals surface area contributed by atoms with Crippen LogP contribution in [0.25, 0.3) is 10.9 Å². The molecule has 0 atom stereocenters. The van der Waals surface area contributed by atoms with E-state index in [1.54, 1.807) is 24.6 Å². The SMILES string of the molecule is C=C1/C=C\NN/C(Oc2ccc3[nH]ccc3c2)=C\C=N/1. The number of nitrogens with zero attached hydrogens (tertiary/aromatic N) is 1. The second-order valence-corrected chi connectivity index (χ2v) is 4.23. The van der Waals surface area contributed by atoms with E-state index in [0.717, 1.165) is 16.7 Å². The highest BCUT2D eigenvalue weighted by Gasteiger charge is 2.02. The highest BCUT2D eigenvalue weighted by molar-refractivity contribution is 5.80. The quantitative estimate of drug-likeness (QED) is 0.783. The minimum absolute atomic E-state index is 0.544. The number of rotatable bonds is 2. The van der Waals surface area contributed by atoms with Gasteiger partial charge in [-0.15, -0.1) is 0 Å². The Labute approximate surface area is 116 Å². The Bertz CT molecular complexity index is 724. The average Bonchev–Trinajstić information content (AvgIpc) is 2.92. The Hall–Kier alpha value is -2.95. The number of nitrogens with one attached hydrogen (secondary N) is 3. The number of aromatic nitrogens is 1. The minimum atomic E-state index is 0.544. The van der Waals surface area contributed by atoms with Gasteiger partial charge in [-0.2, -0.15) is 0 Å². The molecule has 2 heterocycles. The van der Waals surface area contributed by atoms with Crippen LogP contribution >= 0.6 is 0 Å². The lowest BCUT2D eigenvalue weighted by Crippen LogP contribution is -2.28. The van der Waals surface area contributed by atoms with Crippen LogP contribution in [0.4, 0.5) is 0 Å². The van der Waals surface area contributed by atoms with Gasteiger partial charge in [0.15, 0.2) is 0 Å². The summed E-state index contributed by atoms with van der Waals surface area (Å²) in [5, 5.41) is 1.10. The van der Waals surface area contributed by atoms with Gasteiger partial charge in [0, 0.05) is 35.6 Å². The molecule has 1 aliphatic heterocycles. The van der Waals surface area contributed by atoms with Crippen molar-refractivity contribution in [2.75, 3.05) is 0 Å². The molecule has 2 aromatic rings. The van der Waals surface area contributed by atoms with Crippen LogP contribution in [0, 0.1) is 0 Å². The first-order valence-electron chi connectivity index (χ1n) is 6.18. The standard InChI is InChI=1S/C15H14N4O/c1-11-4-9-18-19-15(6-8-16-11)20-13-2-3-14-12(10-13)5-7-17-14/h2-10,17-19H,1H2/b9-4-,15-6+,16-8-. The number of ether oxygens (including phenoxy) is 1. The predicted octanol–water partition coefficient (Wildman–Crippen LogP) is 2.59. The van der Waals surface area contributed by atoms with E-state index in [0.29, 0.717) is 11.6 Å². The Balaban J connectivity index is 1.81. The van der Waals surface area contributed by atoms with Gasteiger partial charge in [-0.1, -0.05) is 6.58 Å². The molecule has 5 heteroatoms. The maximum Gasteiger partial charge on any atom is 0.213 e. The maximum absolute atomic E-state index is 5.78. The van der Waals surface area contributed by atoms with Crippen LogP contribution in [0.5, 0.6) is 5.75 Å². The Morgan fingerprint density at radius 2 is 2.15 bits per heavy atom. The Morgan fingerprint density at radius 1 is 1.20 bits per heavy atom. The number of hydrogen-bond acceptors (Lipinski definition) is 4. The smallest absolute Gasteiger partial charge is 0.213 e. The molecular weight excluding hydrogens is 252 g/mol. The monoisotopic (exact) mass is 266 g/mol. The summed E-state index contributed by atoms with van der Waals surface area (Å²) in [6.07, 6.45) is 8.73. The van der Waals surface area contributed by atoms with Crippen molar-refractivity contribution in [3.63, 3.8) is 0 Å². The van der Waals surface area contributed by atoms with Crippen molar-refractivity contribution in [3.8, 4) is 5.75 Å². The molecule has 0 aliphatic carbocycles. The summed E-state index contributed by atoms with van der Waals surface area (Å²) < 4.78 is 5.78. The first kappa shape index (κ1) is 12.1. The van der Waals surface area contributed by atoms with E-state index < -0.39 is 0 Å². The van der Waals surface area contributed by atoms with Crippen LogP contribution in [0.15, 0.2) is 72.0 Å². The zero-order valence-electron chi connectivity index (χ0n) is 10.8. The molecule has 0 saturated heterocycles. The summed E-state index contributed by atoms with van der Waals surface area (Å²) in [6, 6.07) is 7.84. The summed E-state index contributed by atoms with van der Waals surface area (Å²) in [5.74, 6) is 1.29.